The van der Waals surface area contributed by atoms with Gasteiger partial charge in [-0.05, 0) is 25.5 Å². The topological polar surface area (TPSA) is 42.0 Å². The van der Waals surface area contributed by atoms with E-state index in [1.165, 1.54) is 11.3 Å². The minimum Gasteiger partial charge on any atom is -0.301 e. The van der Waals surface area contributed by atoms with Crippen molar-refractivity contribution >= 4 is 44.2 Å². The molecule has 0 fully saturated rings. The van der Waals surface area contributed by atoms with Crippen molar-refractivity contribution in [1.82, 2.24) is 4.98 Å². The van der Waals surface area contributed by atoms with E-state index in [9.17, 15) is 4.79 Å². The van der Waals surface area contributed by atoms with Crippen LogP contribution >= 0.6 is 22.9 Å². The number of amides is 1. The van der Waals surface area contributed by atoms with Crippen molar-refractivity contribution in [3.63, 3.8) is 0 Å². The molecule has 0 radical (unpaired) electrons. The fraction of sp³-hybridized carbons (Fsp3) is 0.273. The van der Waals surface area contributed by atoms with Gasteiger partial charge in [0.25, 0.3) is 0 Å². The molecule has 1 heterocycles. The van der Waals surface area contributed by atoms with Crippen molar-refractivity contribution in [2.45, 2.75) is 19.2 Å². The van der Waals surface area contributed by atoms with Crippen LogP contribution in [-0.2, 0) is 4.79 Å². The predicted molar refractivity (Wildman–Crippen MR) is 68.3 cm³/mol. The van der Waals surface area contributed by atoms with E-state index in [0.29, 0.717) is 5.13 Å². The molecule has 0 aliphatic rings. The van der Waals surface area contributed by atoms with Crippen LogP contribution in [-0.4, -0.2) is 16.3 Å². The molecule has 0 spiro atoms. The third kappa shape index (κ3) is 2.18. The van der Waals surface area contributed by atoms with Gasteiger partial charge in [-0.15, -0.1) is 11.6 Å². The molecule has 1 N–H and O–H groups in total. The van der Waals surface area contributed by atoms with Crippen LogP contribution in [0.5, 0.6) is 0 Å². The van der Waals surface area contributed by atoms with Gasteiger partial charge in [-0.3, -0.25) is 4.79 Å². The van der Waals surface area contributed by atoms with Crippen LogP contribution in [0.15, 0.2) is 18.2 Å². The smallest absolute Gasteiger partial charge is 0.243 e. The third-order valence-electron chi connectivity index (χ3n) is 2.21. The first kappa shape index (κ1) is 11.4. The number of hydrogen-bond donors (Lipinski definition) is 1. The van der Waals surface area contributed by atoms with Crippen LogP contribution in [0.25, 0.3) is 10.2 Å². The van der Waals surface area contributed by atoms with Crippen molar-refractivity contribution in [2.75, 3.05) is 5.32 Å². The maximum Gasteiger partial charge on any atom is 0.243 e. The Bertz CT molecular complexity index is 536. The number of fused-ring (bicyclic) bond motifs is 1. The van der Waals surface area contributed by atoms with E-state index in [-0.39, 0.29) is 5.91 Å². The molecule has 2 aromatic rings. The highest BCUT2D eigenvalue weighted by Gasteiger charge is 2.12. The molecule has 84 valence electrons. The zero-order valence-electron chi connectivity index (χ0n) is 8.95. The third-order valence-corrected chi connectivity index (χ3v) is 3.35. The number of nitrogens with one attached hydrogen (secondary N) is 1. The predicted octanol–water partition coefficient (Wildman–Crippen LogP) is 3.17. The summed E-state index contributed by atoms with van der Waals surface area (Å²) in [5.74, 6) is -0.224. The van der Waals surface area contributed by atoms with Gasteiger partial charge in [0.1, 0.15) is 5.38 Å². The van der Waals surface area contributed by atoms with E-state index in [1.807, 2.05) is 25.1 Å². The average Bonchev–Trinajstić information content (AvgIpc) is 2.61. The lowest BCUT2D eigenvalue weighted by atomic mass is 10.2. The molecule has 2 rings (SSSR count). The first-order valence-electron chi connectivity index (χ1n) is 4.89. The van der Waals surface area contributed by atoms with Gasteiger partial charge < -0.3 is 5.32 Å². The van der Waals surface area contributed by atoms with Crippen LogP contribution in [0.1, 0.15) is 12.5 Å². The Balaban J connectivity index is 2.33. The van der Waals surface area contributed by atoms with Crippen molar-refractivity contribution in [3.8, 4) is 0 Å². The zero-order valence-corrected chi connectivity index (χ0v) is 10.5. The Hall–Kier alpha value is -1.13. The largest absolute Gasteiger partial charge is 0.301 e. The van der Waals surface area contributed by atoms with Gasteiger partial charge in [-0.2, -0.15) is 0 Å². The first-order chi connectivity index (χ1) is 7.58. The summed E-state index contributed by atoms with van der Waals surface area (Å²) < 4.78 is 1.07. The molecule has 1 atom stereocenters. The Morgan fingerprint density at radius 1 is 1.56 bits per heavy atom. The van der Waals surface area contributed by atoms with E-state index in [0.717, 1.165) is 15.8 Å². The number of carbonyl (C=O) groups excluding carboxylic acids is 1. The SMILES string of the molecule is Cc1cccc2sc(NC(=O)[C@@H](C)Cl)nc12. The van der Waals surface area contributed by atoms with Crippen molar-refractivity contribution < 1.29 is 4.79 Å². The number of rotatable bonds is 2. The maximum atomic E-state index is 11.4. The second-order valence-electron chi connectivity index (χ2n) is 3.55. The van der Waals surface area contributed by atoms with Crippen LogP contribution in [0.2, 0.25) is 0 Å². The van der Waals surface area contributed by atoms with Gasteiger partial charge in [0.05, 0.1) is 10.2 Å². The van der Waals surface area contributed by atoms with Gasteiger partial charge >= 0.3 is 0 Å². The van der Waals surface area contributed by atoms with Crippen LogP contribution in [0, 0.1) is 6.92 Å². The Morgan fingerprint density at radius 3 is 2.94 bits per heavy atom. The highest BCUT2D eigenvalue weighted by molar-refractivity contribution is 7.22. The number of carbonyl (C=O) groups is 1. The lowest BCUT2D eigenvalue weighted by molar-refractivity contribution is -0.115. The molecule has 3 nitrogen and oxygen atoms in total. The molecular formula is C11H11ClN2OS. The quantitative estimate of drug-likeness (QED) is 0.837. The van der Waals surface area contributed by atoms with Crippen LogP contribution in [0.4, 0.5) is 5.13 Å². The molecule has 1 amide bonds. The number of benzene rings is 1. The van der Waals surface area contributed by atoms with Crippen LogP contribution < -0.4 is 5.32 Å². The molecule has 0 unspecified atom stereocenters. The van der Waals surface area contributed by atoms with Crippen molar-refractivity contribution in [3.05, 3.63) is 23.8 Å². The molecule has 1 aromatic carbocycles. The van der Waals surface area contributed by atoms with E-state index in [4.69, 9.17) is 11.6 Å². The molecule has 0 aliphatic carbocycles. The van der Waals surface area contributed by atoms with E-state index in [2.05, 4.69) is 10.3 Å². The number of nitrogens with zero attached hydrogens (tertiary/aromatic N) is 1. The van der Waals surface area contributed by atoms with E-state index in [1.54, 1.807) is 6.92 Å². The normalized spacial score (nSPS) is 12.7. The lowest BCUT2D eigenvalue weighted by Gasteiger charge is -2.01. The summed E-state index contributed by atoms with van der Waals surface area (Å²) in [5, 5.41) is 2.75. The monoisotopic (exact) mass is 254 g/mol. The van der Waals surface area contributed by atoms with Crippen molar-refractivity contribution in [1.29, 1.82) is 0 Å². The molecule has 1 aromatic heterocycles. The molecule has 0 saturated heterocycles. The second-order valence-corrected chi connectivity index (χ2v) is 5.23. The first-order valence-corrected chi connectivity index (χ1v) is 6.14. The fourth-order valence-electron chi connectivity index (χ4n) is 1.34. The fourth-order valence-corrected chi connectivity index (χ4v) is 2.35. The van der Waals surface area contributed by atoms with Crippen LogP contribution in [0.3, 0.4) is 0 Å². The summed E-state index contributed by atoms with van der Waals surface area (Å²) >= 11 is 7.13. The number of thiazole rings is 1. The zero-order chi connectivity index (χ0) is 11.7. The van der Waals surface area contributed by atoms with Gasteiger partial charge in [-0.1, -0.05) is 23.5 Å². The van der Waals surface area contributed by atoms with E-state index >= 15 is 0 Å². The van der Waals surface area contributed by atoms with Gasteiger partial charge in [0, 0.05) is 0 Å². The summed E-state index contributed by atoms with van der Waals surface area (Å²) in [6.07, 6.45) is 0. The molecule has 5 heteroatoms. The Morgan fingerprint density at radius 2 is 2.31 bits per heavy atom. The number of aryl methyl sites for hydroxylation is 1. The molecule has 16 heavy (non-hydrogen) atoms. The van der Waals surface area contributed by atoms with E-state index < -0.39 is 5.38 Å². The minimum atomic E-state index is -0.548. The number of halogens is 1. The molecule has 0 bridgehead atoms. The highest BCUT2D eigenvalue weighted by atomic mass is 35.5. The highest BCUT2D eigenvalue weighted by Crippen LogP contribution is 2.27. The van der Waals surface area contributed by atoms with Crippen molar-refractivity contribution in [2.24, 2.45) is 0 Å². The minimum absolute atomic E-state index is 0.224. The number of anilines is 1. The Labute approximate surface area is 102 Å². The molecule has 0 aliphatic heterocycles. The maximum absolute atomic E-state index is 11.4. The number of hydrogen-bond acceptors (Lipinski definition) is 3. The lowest BCUT2D eigenvalue weighted by Crippen LogP contribution is -2.19. The summed E-state index contributed by atoms with van der Waals surface area (Å²) in [4.78, 5) is 15.8. The average molecular weight is 255 g/mol. The second kappa shape index (κ2) is 4.39. The number of aromatic nitrogens is 1. The standard InChI is InChI=1S/C11H11ClN2OS/c1-6-4-3-5-8-9(6)13-11(16-8)14-10(15)7(2)12/h3-5,7H,1-2H3,(H,13,14,15)/t7-/m1/s1. The van der Waals surface area contributed by atoms with Gasteiger partial charge in [0.15, 0.2) is 5.13 Å². The number of alkyl halides is 1. The molecular weight excluding hydrogens is 244 g/mol. The van der Waals surface area contributed by atoms with Gasteiger partial charge in [0.2, 0.25) is 5.91 Å². The number of para-hydroxylation sites is 1. The summed E-state index contributed by atoms with van der Waals surface area (Å²) in [6.45, 7) is 3.63. The molecule has 0 saturated carbocycles. The summed E-state index contributed by atoms with van der Waals surface area (Å²) in [6, 6.07) is 5.96. The summed E-state index contributed by atoms with van der Waals surface area (Å²) in [7, 11) is 0. The van der Waals surface area contributed by atoms with Gasteiger partial charge in [-0.25, -0.2) is 4.98 Å². The Kier molecular flexibility index (Phi) is 3.12. The summed E-state index contributed by atoms with van der Waals surface area (Å²) in [5.41, 5.74) is 2.04.